The molecule has 7 heteroatoms. The summed E-state index contributed by atoms with van der Waals surface area (Å²) in [5.41, 5.74) is -0.649. The molecule has 1 heterocycles. The predicted molar refractivity (Wildman–Crippen MR) is 65.8 cm³/mol. The lowest BCUT2D eigenvalue weighted by atomic mass is 10.1. The molecule has 0 aliphatic carbocycles. The molecule has 104 valence electrons. The fourth-order valence-corrected chi connectivity index (χ4v) is 2.84. The Balaban J connectivity index is 2.39. The summed E-state index contributed by atoms with van der Waals surface area (Å²) in [6.07, 6.45) is 1.52. The number of amides is 1. The Hall–Kier alpha value is -1.24. The number of aromatic hydroxyl groups is 1. The minimum Gasteiger partial charge on any atom is -0.503 e. The number of likely N-dealkylation sites (tertiary alicyclic amines) is 1. The van der Waals surface area contributed by atoms with Crippen LogP contribution in [0, 0.1) is 17.5 Å². The molecule has 0 saturated carbocycles. The molecule has 1 aromatic rings. The predicted octanol–water partition coefficient (Wildman–Crippen LogP) is 2.81. The highest BCUT2D eigenvalue weighted by molar-refractivity contribution is 9.09. The van der Waals surface area contributed by atoms with Crippen molar-refractivity contribution in [2.24, 2.45) is 0 Å². The van der Waals surface area contributed by atoms with Crippen LogP contribution in [0.2, 0.25) is 0 Å². The van der Waals surface area contributed by atoms with Gasteiger partial charge in [-0.25, -0.2) is 8.78 Å². The molecule has 1 fully saturated rings. The number of hydrogen-bond donors (Lipinski definition) is 1. The molecule has 0 spiro atoms. The normalized spacial score (nSPS) is 18.9. The van der Waals surface area contributed by atoms with Crippen molar-refractivity contribution in [1.82, 2.24) is 4.90 Å². The highest BCUT2D eigenvalue weighted by Crippen LogP contribution is 2.29. The number of carbonyl (C=O) groups is 1. The lowest BCUT2D eigenvalue weighted by molar-refractivity contribution is 0.0744. The van der Waals surface area contributed by atoms with Gasteiger partial charge in [-0.05, 0) is 18.9 Å². The van der Waals surface area contributed by atoms with E-state index in [-0.39, 0.29) is 6.04 Å². The van der Waals surface area contributed by atoms with E-state index in [9.17, 15) is 18.0 Å². The number of hydrogen-bond acceptors (Lipinski definition) is 2. The van der Waals surface area contributed by atoms with Gasteiger partial charge < -0.3 is 10.0 Å². The fourth-order valence-electron chi connectivity index (χ4n) is 2.16. The molecule has 3 nitrogen and oxygen atoms in total. The summed E-state index contributed by atoms with van der Waals surface area (Å²) in [5.74, 6) is -6.76. The van der Waals surface area contributed by atoms with E-state index in [1.165, 1.54) is 4.90 Å². The summed E-state index contributed by atoms with van der Waals surface area (Å²) >= 11 is 3.25. The number of halogens is 4. The highest BCUT2D eigenvalue weighted by Gasteiger charge is 2.32. The molecule has 19 heavy (non-hydrogen) atoms. The zero-order valence-electron chi connectivity index (χ0n) is 9.80. The van der Waals surface area contributed by atoms with E-state index in [4.69, 9.17) is 5.11 Å². The molecule has 1 aliphatic rings. The summed E-state index contributed by atoms with van der Waals surface area (Å²) in [6.45, 7) is 0.425. The Bertz CT molecular complexity index is 524. The first kappa shape index (κ1) is 14.2. The molecule has 1 N–H and O–H groups in total. The van der Waals surface area contributed by atoms with Crippen molar-refractivity contribution in [3.63, 3.8) is 0 Å². The third-order valence-corrected chi connectivity index (χ3v) is 3.93. The smallest absolute Gasteiger partial charge is 0.257 e. The van der Waals surface area contributed by atoms with Crippen LogP contribution in [0.1, 0.15) is 23.2 Å². The zero-order chi connectivity index (χ0) is 14.2. The van der Waals surface area contributed by atoms with Crippen LogP contribution < -0.4 is 0 Å². The van der Waals surface area contributed by atoms with Gasteiger partial charge >= 0.3 is 0 Å². The van der Waals surface area contributed by atoms with Crippen molar-refractivity contribution >= 4 is 21.8 Å². The SMILES string of the molecule is O=C(c1cc(F)c(F)c(O)c1F)N1CCCC1CBr. The quantitative estimate of drug-likeness (QED) is 0.666. The summed E-state index contributed by atoms with van der Waals surface area (Å²) < 4.78 is 39.8. The number of nitrogens with zero attached hydrogens (tertiary/aromatic N) is 1. The van der Waals surface area contributed by atoms with Crippen molar-refractivity contribution < 1.29 is 23.1 Å². The van der Waals surface area contributed by atoms with Gasteiger partial charge in [0.2, 0.25) is 5.82 Å². The third-order valence-electron chi connectivity index (χ3n) is 3.18. The average Bonchev–Trinajstić information content (AvgIpc) is 2.88. The molecule has 1 atom stereocenters. The first-order valence-corrected chi connectivity index (χ1v) is 6.83. The standard InChI is InChI=1S/C12H11BrF3NO2/c13-5-6-2-1-3-17(6)12(19)7-4-8(14)10(16)11(18)9(7)15/h4,6,18H,1-3,5H2. The Labute approximate surface area is 116 Å². The number of rotatable bonds is 2. The van der Waals surface area contributed by atoms with E-state index >= 15 is 0 Å². The molecule has 1 aliphatic heterocycles. The van der Waals surface area contributed by atoms with Crippen LogP contribution in [0.15, 0.2) is 6.07 Å². The molecule has 2 rings (SSSR count). The highest BCUT2D eigenvalue weighted by atomic mass is 79.9. The summed E-state index contributed by atoms with van der Waals surface area (Å²) in [7, 11) is 0. The van der Waals surface area contributed by atoms with Crippen LogP contribution in [0.5, 0.6) is 5.75 Å². The van der Waals surface area contributed by atoms with Gasteiger partial charge in [-0.3, -0.25) is 4.79 Å². The molecule has 0 radical (unpaired) electrons. The van der Waals surface area contributed by atoms with Gasteiger partial charge in [-0.1, -0.05) is 15.9 Å². The lowest BCUT2D eigenvalue weighted by Gasteiger charge is -2.23. The summed E-state index contributed by atoms with van der Waals surface area (Å²) in [6, 6.07) is 0.373. The maximum Gasteiger partial charge on any atom is 0.257 e. The topological polar surface area (TPSA) is 40.5 Å². The minimum atomic E-state index is -1.69. The van der Waals surface area contributed by atoms with Crippen LogP contribution in [0.25, 0.3) is 0 Å². The first-order chi connectivity index (χ1) is 8.97. The zero-order valence-corrected chi connectivity index (χ0v) is 11.4. The Morgan fingerprint density at radius 3 is 2.74 bits per heavy atom. The molecule has 1 unspecified atom stereocenters. The second kappa shape index (κ2) is 5.40. The largest absolute Gasteiger partial charge is 0.503 e. The van der Waals surface area contributed by atoms with Crippen LogP contribution in [-0.4, -0.2) is 33.8 Å². The van der Waals surface area contributed by atoms with E-state index in [0.717, 1.165) is 12.8 Å². The van der Waals surface area contributed by atoms with Gasteiger partial charge in [0.1, 0.15) is 0 Å². The van der Waals surface area contributed by atoms with Crippen LogP contribution >= 0.6 is 15.9 Å². The first-order valence-electron chi connectivity index (χ1n) is 5.70. The average molecular weight is 338 g/mol. The second-order valence-corrected chi connectivity index (χ2v) is 4.98. The third kappa shape index (κ3) is 2.43. The Morgan fingerprint density at radius 2 is 2.11 bits per heavy atom. The summed E-state index contributed by atoms with van der Waals surface area (Å²) in [4.78, 5) is 13.5. The number of carbonyl (C=O) groups excluding carboxylic acids is 1. The number of alkyl halides is 1. The maximum atomic E-state index is 13.7. The monoisotopic (exact) mass is 337 g/mol. The minimum absolute atomic E-state index is 0.109. The molecule has 1 amide bonds. The molecular formula is C12H11BrF3NO2. The molecular weight excluding hydrogens is 327 g/mol. The van der Waals surface area contributed by atoms with Crippen LogP contribution in [-0.2, 0) is 0 Å². The van der Waals surface area contributed by atoms with Crippen LogP contribution in [0.4, 0.5) is 13.2 Å². The van der Waals surface area contributed by atoms with Crippen molar-refractivity contribution in [2.75, 3.05) is 11.9 Å². The molecule has 0 bridgehead atoms. The van der Waals surface area contributed by atoms with E-state index < -0.39 is 34.7 Å². The molecule has 1 saturated heterocycles. The van der Waals surface area contributed by atoms with E-state index in [2.05, 4.69) is 15.9 Å². The van der Waals surface area contributed by atoms with E-state index in [1.807, 2.05) is 0 Å². The number of phenols is 1. The van der Waals surface area contributed by atoms with Crippen molar-refractivity contribution in [1.29, 1.82) is 0 Å². The van der Waals surface area contributed by atoms with Crippen molar-refractivity contribution in [3.8, 4) is 5.75 Å². The number of phenolic OH excluding ortho intramolecular Hbond substituents is 1. The Morgan fingerprint density at radius 1 is 1.42 bits per heavy atom. The Kier molecular flexibility index (Phi) is 4.03. The van der Waals surface area contributed by atoms with Gasteiger partial charge in [0, 0.05) is 17.9 Å². The van der Waals surface area contributed by atoms with Gasteiger partial charge in [-0.15, -0.1) is 0 Å². The van der Waals surface area contributed by atoms with Gasteiger partial charge in [0.25, 0.3) is 5.91 Å². The van der Waals surface area contributed by atoms with Gasteiger partial charge in [-0.2, -0.15) is 4.39 Å². The number of benzene rings is 1. The molecule has 1 aromatic carbocycles. The van der Waals surface area contributed by atoms with Crippen LogP contribution in [0.3, 0.4) is 0 Å². The van der Waals surface area contributed by atoms with Crippen molar-refractivity contribution in [2.45, 2.75) is 18.9 Å². The van der Waals surface area contributed by atoms with E-state index in [0.29, 0.717) is 17.9 Å². The summed E-state index contributed by atoms with van der Waals surface area (Å²) in [5, 5.41) is 9.64. The molecule has 0 aromatic heterocycles. The lowest BCUT2D eigenvalue weighted by Crippen LogP contribution is -2.37. The fraction of sp³-hybridized carbons (Fsp3) is 0.417. The maximum absolute atomic E-state index is 13.7. The van der Waals surface area contributed by atoms with Crippen molar-refractivity contribution in [3.05, 3.63) is 29.1 Å². The second-order valence-electron chi connectivity index (χ2n) is 4.33. The van der Waals surface area contributed by atoms with E-state index in [1.54, 1.807) is 0 Å². The van der Waals surface area contributed by atoms with Gasteiger partial charge in [0.05, 0.1) is 5.56 Å². The van der Waals surface area contributed by atoms with Gasteiger partial charge in [0.15, 0.2) is 17.4 Å².